The summed E-state index contributed by atoms with van der Waals surface area (Å²) in [7, 11) is 1.55. The third kappa shape index (κ3) is 5.28. The molecule has 0 N–H and O–H groups in total. The SMILES string of the molecule is COCOC(C)CC#N. The summed E-state index contributed by atoms with van der Waals surface area (Å²) < 4.78 is 9.61. The molecule has 0 amide bonds. The Bertz CT molecular complexity index is 97.7. The van der Waals surface area contributed by atoms with Gasteiger partial charge in [0.15, 0.2) is 0 Å². The number of ether oxygens (including phenoxy) is 2. The van der Waals surface area contributed by atoms with Gasteiger partial charge < -0.3 is 9.47 Å². The standard InChI is InChI=1S/C6H11NO2/c1-6(3-4-7)9-5-8-2/h6H,3,5H2,1-2H3. The Morgan fingerprint density at radius 3 is 2.78 bits per heavy atom. The van der Waals surface area contributed by atoms with E-state index in [2.05, 4.69) is 4.74 Å². The van der Waals surface area contributed by atoms with Gasteiger partial charge in [0, 0.05) is 7.11 Å². The molecule has 1 unspecified atom stereocenters. The van der Waals surface area contributed by atoms with E-state index in [-0.39, 0.29) is 12.9 Å². The van der Waals surface area contributed by atoms with Crippen LogP contribution in [0.2, 0.25) is 0 Å². The lowest BCUT2D eigenvalue weighted by Gasteiger charge is -2.06. The second-order valence-corrected chi connectivity index (χ2v) is 1.75. The van der Waals surface area contributed by atoms with E-state index in [0.717, 1.165) is 0 Å². The van der Waals surface area contributed by atoms with E-state index in [1.807, 2.05) is 13.0 Å². The lowest BCUT2D eigenvalue weighted by Crippen LogP contribution is -2.08. The summed E-state index contributed by atoms with van der Waals surface area (Å²) in [6.07, 6.45) is 0.401. The largest absolute Gasteiger partial charge is 0.359 e. The molecular weight excluding hydrogens is 118 g/mol. The van der Waals surface area contributed by atoms with Crippen LogP contribution in [0.3, 0.4) is 0 Å². The average Bonchev–Trinajstić information content (AvgIpc) is 1.85. The number of nitrogens with zero attached hydrogens (tertiary/aromatic N) is 1. The minimum Gasteiger partial charge on any atom is -0.359 e. The van der Waals surface area contributed by atoms with Crippen molar-refractivity contribution < 1.29 is 9.47 Å². The van der Waals surface area contributed by atoms with E-state index in [4.69, 9.17) is 10.00 Å². The Hall–Kier alpha value is -0.590. The van der Waals surface area contributed by atoms with E-state index in [9.17, 15) is 0 Å². The summed E-state index contributed by atoms with van der Waals surface area (Å²) in [6.45, 7) is 2.10. The molecule has 0 saturated carbocycles. The van der Waals surface area contributed by atoms with Gasteiger partial charge in [0.25, 0.3) is 0 Å². The molecule has 3 heteroatoms. The number of methoxy groups -OCH3 is 1. The zero-order chi connectivity index (χ0) is 7.11. The number of rotatable bonds is 4. The normalized spacial score (nSPS) is 12.6. The van der Waals surface area contributed by atoms with Gasteiger partial charge in [-0.25, -0.2) is 0 Å². The molecule has 0 aliphatic carbocycles. The Morgan fingerprint density at radius 1 is 1.67 bits per heavy atom. The highest BCUT2D eigenvalue weighted by atomic mass is 16.7. The number of hydrogen-bond acceptors (Lipinski definition) is 3. The fourth-order valence-corrected chi connectivity index (χ4v) is 0.372. The summed E-state index contributed by atoms with van der Waals surface area (Å²) in [5.41, 5.74) is 0. The molecule has 0 rings (SSSR count). The van der Waals surface area contributed by atoms with Gasteiger partial charge in [-0.2, -0.15) is 5.26 Å². The highest BCUT2D eigenvalue weighted by molar-refractivity contribution is 4.72. The molecule has 0 aliphatic rings. The molecule has 0 aliphatic heterocycles. The van der Waals surface area contributed by atoms with E-state index in [1.54, 1.807) is 7.11 Å². The predicted molar refractivity (Wildman–Crippen MR) is 32.7 cm³/mol. The number of nitriles is 1. The maximum Gasteiger partial charge on any atom is 0.146 e. The molecule has 0 aromatic carbocycles. The van der Waals surface area contributed by atoms with Crippen LogP contribution in [0.4, 0.5) is 0 Å². The number of hydrogen-bond donors (Lipinski definition) is 0. The van der Waals surface area contributed by atoms with Crippen LogP contribution >= 0.6 is 0 Å². The fourth-order valence-electron chi connectivity index (χ4n) is 0.372. The van der Waals surface area contributed by atoms with Crippen molar-refractivity contribution in [1.82, 2.24) is 0 Å². The molecule has 0 aromatic rings. The fraction of sp³-hybridized carbons (Fsp3) is 0.833. The summed E-state index contributed by atoms with van der Waals surface area (Å²) in [6, 6.07) is 2.00. The predicted octanol–water partition coefficient (Wildman–Crippen LogP) is 0.909. The van der Waals surface area contributed by atoms with E-state index >= 15 is 0 Å². The Labute approximate surface area is 55.2 Å². The summed E-state index contributed by atoms with van der Waals surface area (Å²) in [4.78, 5) is 0. The monoisotopic (exact) mass is 129 g/mol. The van der Waals surface area contributed by atoms with Crippen molar-refractivity contribution in [3.8, 4) is 6.07 Å². The summed E-state index contributed by atoms with van der Waals surface area (Å²) in [5, 5.41) is 8.17. The highest BCUT2D eigenvalue weighted by Gasteiger charge is 1.97. The third-order valence-electron chi connectivity index (χ3n) is 0.849. The van der Waals surface area contributed by atoms with Gasteiger partial charge in [-0.15, -0.1) is 0 Å². The second-order valence-electron chi connectivity index (χ2n) is 1.75. The first-order valence-corrected chi connectivity index (χ1v) is 2.78. The zero-order valence-corrected chi connectivity index (χ0v) is 5.76. The molecule has 0 heterocycles. The molecule has 0 saturated heterocycles. The van der Waals surface area contributed by atoms with Gasteiger partial charge in [0.05, 0.1) is 18.6 Å². The van der Waals surface area contributed by atoms with Crippen molar-refractivity contribution in [1.29, 1.82) is 5.26 Å². The van der Waals surface area contributed by atoms with Crippen LogP contribution in [0.25, 0.3) is 0 Å². The maximum atomic E-state index is 8.17. The first-order valence-electron chi connectivity index (χ1n) is 2.78. The quantitative estimate of drug-likeness (QED) is 0.530. The van der Waals surface area contributed by atoms with Gasteiger partial charge >= 0.3 is 0 Å². The molecule has 0 bridgehead atoms. The molecule has 9 heavy (non-hydrogen) atoms. The molecule has 0 aromatic heterocycles. The van der Waals surface area contributed by atoms with Gasteiger partial charge in [0.1, 0.15) is 6.79 Å². The van der Waals surface area contributed by atoms with Crippen LogP contribution in [0.1, 0.15) is 13.3 Å². The lowest BCUT2D eigenvalue weighted by atomic mass is 10.3. The minimum atomic E-state index is -0.0186. The van der Waals surface area contributed by atoms with Crippen molar-refractivity contribution >= 4 is 0 Å². The topological polar surface area (TPSA) is 42.2 Å². The molecular formula is C6H11NO2. The van der Waals surface area contributed by atoms with Crippen molar-refractivity contribution in [2.45, 2.75) is 19.4 Å². The summed E-state index contributed by atoms with van der Waals surface area (Å²) in [5.74, 6) is 0. The Balaban J connectivity index is 3.08. The summed E-state index contributed by atoms with van der Waals surface area (Å²) >= 11 is 0. The molecule has 0 spiro atoms. The molecule has 52 valence electrons. The van der Waals surface area contributed by atoms with Crippen molar-refractivity contribution in [3.05, 3.63) is 0 Å². The Kier molecular flexibility index (Phi) is 5.18. The highest BCUT2D eigenvalue weighted by Crippen LogP contribution is 1.94. The van der Waals surface area contributed by atoms with Crippen LogP contribution in [-0.2, 0) is 9.47 Å². The van der Waals surface area contributed by atoms with E-state index in [0.29, 0.717) is 6.42 Å². The van der Waals surface area contributed by atoms with Crippen LogP contribution in [0.5, 0.6) is 0 Å². The zero-order valence-electron chi connectivity index (χ0n) is 5.76. The van der Waals surface area contributed by atoms with Crippen molar-refractivity contribution in [2.24, 2.45) is 0 Å². The van der Waals surface area contributed by atoms with Crippen molar-refractivity contribution in [3.63, 3.8) is 0 Å². The molecule has 0 fully saturated rings. The molecule has 3 nitrogen and oxygen atoms in total. The first-order chi connectivity index (χ1) is 4.31. The van der Waals surface area contributed by atoms with Gasteiger partial charge in [0.2, 0.25) is 0 Å². The third-order valence-corrected chi connectivity index (χ3v) is 0.849. The smallest absolute Gasteiger partial charge is 0.146 e. The van der Waals surface area contributed by atoms with Crippen molar-refractivity contribution in [2.75, 3.05) is 13.9 Å². The molecule has 1 atom stereocenters. The van der Waals surface area contributed by atoms with Gasteiger partial charge in [-0.05, 0) is 6.92 Å². The van der Waals surface area contributed by atoms with Gasteiger partial charge in [-0.1, -0.05) is 0 Å². The van der Waals surface area contributed by atoms with Gasteiger partial charge in [-0.3, -0.25) is 0 Å². The van der Waals surface area contributed by atoms with Crippen LogP contribution < -0.4 is 0 Å². The first kappa shape index (κ1) is 8.41. The molecule has 0 radical (unpaired) electrons. The van der Waals surface area contributed by atoms with E-state index in [1.165, 1.54) is 0 Å². The lowest BCUT2D eigenvalue weighted by molar-refractivity contribution is -0.0632. The second kappa shape index (κ2) is 5.54. The van der Waals surface area contributed by atoms with Crippen LogP contribution in [0.15, 0.2) is 0 Å². The average molecular weight is 129 g/mol. The van der Waals surface area contributed by atoms with Crippen LogP contribution in [-0.4, -0.2) is 20.0 Å². The maximum absolute atomic E-state index is 8.17. The van der Waals surface area contributed by atoms with Crippen LogP contribution in [0, 0.1) is 11.3 Å². The van der Waals surface area contributed by atoms with E-state index < -0.39 is 0 Å². The Morgan fingerprint density at radius 2 is 2.33 bits per heavy atom. The minimum absolute atomic E-state index is 0.0186.